The van der Waals surface area contributed by atoms with E-state index in [4.69, 9.17) is 14.2 Å². The lowest BCUT2D eigenvalue weighted by atomic mass is 10.1. The minimum absolute atomic E-state index is 0.165. The number of amides is 1. The highest BCUT2D eigenvalue weighted by Gasteiger charge is 2.28. The predicted octanol–water partition coefficient (Wildman–Crippen LogP) is -0.00600. The topological polar surface area (TPSA) is 78.0 Å². The van der Waals surface area contributed by atoms with Gasteiger partial charge in [-0.3, -0.25) is 19.5 Å². The number of halogens is 1. The SMILES string of the molecule is O=C(c1cccc(F)c1)N(CCN1CCOCC1)CC1CN(CC(O)CN2CCOCC2)CCO1. The summed E-state index contributed by atoms with van der Waals surface area (Å²) in [4.78, 5) is 21.8. The molecule has 35 heavy (non-hydrogen) atoms. The van der Waals surface area contributed by atoms with E-state index in [2.05, 4.69) is 14.7 Å². The van der Waals surface area contributed by atoms with Crippen molar-refractivity contribution in [3.05, 3.63) is 35.6 Å². The lowest BCUT2D eigenvalue weighted by Crippen LogP contribution is -2.52. The van der Waals surface area contributed by atoms with Crippen molar-refractivity contribution in [1.29, 1.82) is 0 Å². The summed E-state index contributed by atoms with van der Waals surface area (Å²) in [6, 6.07) is 5.86. The van der Waals surface area contributed by atoms with Gasteiger partial charge in [0.05, 0.1) is 45.2 Å². The number of aliphatic hydroxyl groups excluding tert-OH is 1. The second-order valence-corrected chi connectivity index (χ2v) is 9.53. The van der Waals surface area contributed by atoms with Crippen molar-refractivity contribution in [1.82, 2.24) is 19.6 Å². The molecule has 1 aromatic carbocycles. The Morgan fingerprint density at radius 3 is 2.37 bits per heavy atom. The molecule has 2 unspecified atom stereocenters. The average molecular weight is 495 g/mol. The van der Waals surface area contributed by atoms with Gasteiger partial charge >= 0.3 is 0 Å². The molecule has 3 saturated heterocycles. The Balaban J connectivity index is 1.33. The number of ether oxygens (including phenoxy) is 3. The number of morpholine rings is 3. The summed E-state index contributed by atoms with van der Waals surface area (Å²) >= 11 is 0. The second kappa shape index (κ2) is 13.6. The molecule has 3 heterocycles. The molecular formula is C25H39FN4O5. The summed E-state index contributed by atoms with van der Waals surface area (Å²) in [6.07, 6.45) is -0.611. The number of carbonyl (C=O) groups excluding carboxylic acids is 1. The van der Waals surface area contributed by atoms with Crippen molar-refractivity contribution in [3.8, 4) is 0 Å². The van der Waals surface area contributed by atoms with Crippen molar-refractivity contribution < 1.29 is 28.5 Å². The average Bonchev–Trinajstić information content (AvgIpc) is 2.87. The van der Waals surface area contributed by atoms with Crippen LogP contribution in [0.25, 0.3) is 0 Å². The number of benzene rings is 1. The van der Waals surface area contributed by atoms with Crippen LogP contribution in [0.4, 0.5) is 4.39 Å². The maximum atomic E-state index is 13.8. The number of β-amino-alcohol motifs (C(OH)–C–C–N with tert-alkyl or cyclic N) is 1. The van der Waals surface area contributed by atoms with E-state index in [-0.39, 0.29) is 12.0 Å². The monoisotopic (exact) mass is 494 g/mol. The molecule has 0 aromatic heterocycles. The number of hydrogen-bond donors (Lipinski definition) is 1. The molecule has 0 bridgehead atoms. The van der Waals surface area contributed by atoms with Gasteiger partial charge in [-0.15, -0.1) is 0 Å². The molecule has 0 radical (unpaired) electrons. The van der Waals surface area contributed by atoms with Crippen LogP contribution in [-0.2, 0) is 14.2 Å². The first-order chi connectivity index (χ1) is 17.1. The third-order valence-corrected chi connectivity index (χ3v) is 6.84. The number of carbonyl (C=O) groups is 1. The molecule has 0 spiro atoms. The lowest BCUT2D eigenvalue weighted by molar-refractivity contribution is -0.0563. The first-order valence-electron chi connectivity index (χ1n) is 12.7. The highest BCUT2D eigenvalue weighted by molar-refractivity contribution is 5.94. The van der Waals surface area contributed by atoms with E-state index in [0.29, 0.717) is 71.3 Å². The lowest BCUT2D eigenvalue weighted by Gasteiger charge is -2.38. The van der Waals surface area contributed by atoms with E-state index >= 15 is 0 Å². The summed E-state index contributed by atoms with van der Waals surface area (Å²) in [5.74, 6) is -0.607. The summed E-state index contributed by atoms with van der Waals surface area (Å²) in [5.41, 5.74) is 0.348. The summed E-state index contributed by atoms with van der Waals surface area (Å²) in [7, 11) is 0. The fourth-order valence-corrected chi connectivity index (χ4v) is 4.91. The molecule has 1 amide bonds. The van der Waals surface area contributed by atoms with Crippen LogP contribution in [0.5, 0.6) is 0 Å². The van der Waals surface area contributed by atoms with Gasteiger partial charge in [-0.1, -0.05) is 6.07 Å². The van der Waals surface area contributed by atoms with Crippen LogP contribution >= 0.6 is 0 Å². The second-order valence-electron chi connectivity index (χ2n) is 9.53. The third kappa shape index (κ3) is 8.45. The first kappa shape index (κ1) is 26.4. The van der Waals surface area contributed by atoms with E-state index in [0.717, 1.165) is 39.3 Å². The fraction of sp³-hybridized carbons (Fsp3) is 0.720. The van der Waals surface area contributed by atoms with Gasteiger partial charge in [-0.25, -0.2) is 4.39 Å². The number of rotatable bonds is 10. The molecule has 10 heteroatoms. The summed E-state index contributed by atoms with van der Waals surface area (Å²) in [5, 5.41) is 10.6. The third-order valence-electron chi connectivity index (χ3n) is 6.84. The minimum Gasteiger partial charge on any atom is -0.390 e. The van der Waals surface area contributed by atoms with Gasteiger partial charge in [0.15, 0.2) is 0 Å². The Kier molecular flexibility index (Phi) is 10.3. The summed E-state index contributed by atoms with van der Waals surface area (Å²) < 4.78 is 30.6. The van der Waals surface area contributed by atoms with E-state index in [9.17, 15) is 14.3 Å². The molecule has 2 atom stereocenters. The van der Waals surface area contributed by atoms with Crippen molar-refractivity contribution in [2.75, 3.05) is 105 Å². The van der Waals surface area contributed by atoms with E-state index < -0.39 is 11.9 Å². The molecule has 0 saturated carbocycles. The fourth-order valence-electron chi connectivity index (χ4n) is 4.91. The van der Waals surface area contributed by atoms with E-state index in [1.54, 1.807) is 17.0 Å². The standard InChI is InChI=1S/C25H39FN4O5/c26-22-3-1-2-21(16-22)25(32)30(5-4-27-6-11-33-12-7-27)20-24-19-29(10-15-35-24)18-23(31)17-28-8-13-34-14-9-28/h1-3,16,23-24,31H,4-15,17-20H2. The highest BCUT2D eigenvalue weighted by Crippen LogP contribution is 2.13. The highest BCUT2D eigenvalue weighted by atomic mass is 19.1. The number of nitrogens with zero attached hydrogens (tertiary/aromatic N) is 4. The van der Waals surface area contributed by atoms with Crippen LogP contribution in [0.2, 0.25) is 0 Å². The molecule has 0 aliphatic carbocycles. The zero-order valence-electron chi connectivity index (χ0n) is 20.5. The smallest absolute Gasteiger partial charge is 0.254 e. The van der Waals surface area contributed by atoms with Crippen molar-refractivity contribution in [2.24, 2.45) is 0 Å². The normalized spacial score (nSPS) is 23.8. The van der Waals surface area contributed by atoms with Gasteiger partial charge < -0.3 is 24.2 Å². The Bertz CT molecular complexity index is 791. The molecule has 9 nitrogen and oxygen atoms in total. The Hall–Kier alpha value is -1.66. The van der Waals surface area contributed by atoms with Crippen LogP contribution in [0.3, 0.4) is 0 Å². The van der Waals surface area contributed by atoms with Gasteiger partial charge in [0.25, 0.3) is 5.91 Å². The van der Waals surface area contributed by atoms with E-state index in [1.165, 1.54) is 12.1 Å². The first-order valence-corrected chi connectivity index (χ1v) is 12.7. The molecule has 3 aliphatic rings. The predicted molar refractivity (Wildman–Crippen MR) is 129 cm³/mol. The van der Waals surface area contributed by atoms with Crippen molar-refractivity contribution in [3.63, 3.8) is 0 Å². The van der Waals surface area contributed by atoms with E-state index in [1.807, 2.05) is 0 Å². The van der Waals surface area contributed by atoms with Gasteiger partial charge in [0.2, 0.25) is 0 Å². The van der Waals surface area contributed by atoms with Gasteiger partial charge in [0.1, 0.15) is 5.82 Å². The van der Waals surface area contributed by atoms with Crippen LogP contribution < -0.4 is 0 Å². The van der Waals surface area contributed by atoms with Crippen molar-refractivity contribution in [2.45, 2.75) is 12.2 Å². The summed E-state index contributed by atoms with van der Waals surface area (Å²) in [6.45, 7) is 11.1. The van der Waals surface area contributed by atoms with Crippen molar-refractivity contribution >= 4 is 5.91 Å². The maximum absolute atomic E-state index is 13.8. The van der Waals surface area contributed by atoms with Crippen LogP contribution in [-0.4, -0.2) is 148 Å². The zero-order valence-corrected chi connectivity index (χ0v) is 20.5. The quantitative estimate of drug-likeness (QED) is 0.487. The zero-order chi connectivity index (χ0) is 24.5. The van der Waals surface area contributed by atoms with Crippen LogP contribution in [0.1, 0.15) is 10.4 Å². The van der Waals surface area contributed by atoms with Crippen LogP contribution in [0.15, 0.2) is 24.3 Å². The molecule has 3 aliphatic heterocycles. The van der Waals surface area contributed by atoms with Gasteiger partial charge in [0, 0.05) is 77.6 Å². The minimum atomic E-state index is -0.446. The number of aliphatic hydroxyl groups is 1. The Labute approximate surface area is 207 Å². The molecule has 4 rings (SSSR count). The maximum Gasteiger partial charge on any atom is 0.254 e. The molecule has 1 aromatic rings. The molecule has 1 N–H and O–H groups in total. The molecule has 196 valence electrons. The van der Waals surface area contributed by atoms with Gasteiger partial charge in [-0.2, -0.15) is 0 Å². The van der Waals surface area contributed by atoms with Crippen LogP contribution in [0, 0.1) is 5.82 Å². The Morgan fingerprint density at radius 2 is 1.66 bits per heavy atom. The largest absolute Gasteiger partial charge is 0.390 e. The molecular weight excluding hydrogens is 455 g/mol. The Morgan fingerprint density at radius 1 is 1.00 bits per heavy atom. The number of hydrogen-bond acceptors (Lipinski definition) is 8. The molecule has 3 fully saturated rings. The van der Waals surface area contributed by atoms with Gasteiger partial charge in [-0.05, 0) is 18.2 Å².